The van der Waals surface area contributed by atoms with Crippen LogP contribution < -0.4 is 5.32 Å². The Morgan fingerprint density at radius 2 is 2.22 bits per heavy atom. The van der Waals surface area contributed by atoms with E-state index in [1.54, 1.807) is 13.0 Å². The molecule has 1 aliphatic carbocycles. The number of benzene rings is 1. The molecule has 1 atom stereocenters. The Labute approximate surface area is 146 Å². The summed E-state index contributed by atoms with van der Waals surface area (Å²) in [4.78, 5) is 12.3. The number of halogens is 2. The Bertz CT molecular complexity index is 747. The van der Waals surface area contributed by atoms with Crippen molar-refractivity contribution in [3.63, 3.8) is 0 Å². The number of thioether (sulfide) groups is 1. The lowest BCUT2D eigenvalue weighted by atomic mass is 10.3. The fraction of sp³-hybridized carbons (Fsp3) is 0.400. The molecule has 8 heteroatoms. The zero-order valence-electron chi connectivity index (χ0n) is 12.7. The molecule has 0 aliphatic heterocycles. The normalized spacial score (nSPS) is 15.5. The maximum atomic E-state index is 13.8. The number of amides is 1. The van der Waals surface area contributed by atoms with E-state index < -0.39 is 11.1 Å². The Morgan fingerprint density at radius 1 is 1.48 bits per heavy atom. The Kier molecular flexibility index (Phi) is 4.72. The highest BCUT2D eigenvalue weighted by molar-refractivity contribution is 9.10. The highest BCUT2D eigenvalue weighted by Crippen LogP contribution is 2.39. The van der Waals surface area contributed by atoms with Crippen LogP contribution in [0, 0.1) is 12.7 Å². The molecular weight excluding hydrogens is 383 g/mol. The lowest BCUT2D eigenvalue weighted by Gasteiger charge is -2.13. The van der Waals surface area contributed by atoms with Crippen molar-refractivity contribution in [2.45, 2.75) is 43.1 Å². The summed E-state index contributed by atoms with van der Waals surface area (Å²) in [5.41, 5.74) is 0.172. The molecule has 1 saturated carbocycles. The van der Waals surface area contributed by atoms with Gasteiger partial charge in [0.05, 0.1) is 10.9 Å². The molecule has 3 rings (SSSR count). The van der Waals surface area contributed by atoms with Crippen LogP contribution in [0.15, 0.2) is 27.8 Å². The number of rotatable bonds is 5. The molecule has 1 heterocycles. The molecule has 0 radical (unpaired) electrons. The second kappa shape index (κ2) is 6.60. The lowest BCUT2D eigenvalue weighted by molar-refractivity contribution is -0.115. The van der Waals surface area contributed by atoms with Crippen LogP contribution in [0.4, 0.5) is 10.1 Å². The quantitative estimate of drug-likeness (QED) is 0.774. The summed E-state index contributed by atoms with van der Waals surface area (Å²) >= 11 is 4.53. The minimum Gasteiger partial charge on any atom is -0.323 e. The van der Waals surface area contributed by atoms with E-state index in [9.17, 15) is 9.18 Å². The van der Waals surface area contributed by atoms with Crippen molar-refractivity contribution in [1.82, 2.24) is 14.8 Å². The van der Waals surface area contributed by atoms with Gasteiger partial charge in [-0.05, 0) is 44.9 Å². The molecule has 1 amide bonds. The van der Waals surface area contributed by atoms with Gasteiger partial charge in [0.15, 0.2) is 5.16 Å². The maximum absolute atomic E-state index is 13.8. The number of aryl methyl sites for hydroxylation is 1. The van der Waals surface area contributed by atoms with E-state index in [4.69, 9.17) is 0 Å². The van der Waals surface area contributed by atoms with E-state index in [1.165, 1.54) is 23.9 Å². The van der Waals surface area contributed by atoms with Gasteiger partial charge in [-0.15, -0.1) is 10.2 Å². The van der Waals surface area contributed by atoms with Crippen LogP contribution in [-0.2, 0) is 4.79 Å². The third-order valence-corrected chi connectivity index (χ3v) is 5.14. The number of nitrogens with zero attached hydrogens (tertiary/aromatic N) is 3. The smallest absolute Gasteiger partial charge is 0.237 e. The van der Waals surface area contributed by atoms with Crippen LogP contribution in [0.2, 0.25) is 0 Å². The molecule has 5 nitrogen and oxygen atoms in total. The molecule has 0 spiro atoms. The molecule has 23 heavy (non-hydrogen) atoms. The molecule has 1 fully saturated rings. The van der Waals surface area contributed by atoms with Gasteiger partial charge in [-0.3, -0.25) is 4.79 Å². The van der Waals surface area contributed by atoms with Gasteiger partial charge in [0.25, 0.3) is 0 Å². The monoisotopic (exact) mass is 398 g/mol. The topological polar surface area (TPSA) is 59.8 Å². The largest absolute Gasteiger partial charge is 0.323 e. The molecule has 0 unspecified atom stereocenters. The highest BCUT2D eigenvalue weighted by atomic mass is 79.9. The molecular formula is C15H16BrFN4OS. The van der Waals surface area contributed by atoms with Crippen molar-refractivity contribution >= 4 is 39.3 Å². The van der Waals surface area contributed by atoms with E-state index in [2.05, 4.69) is 36.0 Å². The third kappa shape index (κ3) is 3.74. The summed E-state index contributed by atoms with van der Waals surface area (Å²) in [7, 11) is 0. The predicted octanol–water partition coefficient (Wildman–Crippen LogP) is 3.94. The van der Waals surface area contributed by atoms with Gasteiger partial charge in [-0.1, -0.05) is 27.7 Å². The zero-order valence-corrected chi connectivity index (χ0v) is 15.1. The number of hydrogen-bond acceptors (Lipinski definition) is 4. The second-order valence-corrected chi connectivity index (χ2v) is 7.73. The van der Waals surface area contributed by atoms with Gasteiger partial charge in [0, 0.05) is 10.5 Å². The Morgan fingerprint density at radius 3 is 2.87 bits per heavy atom. The average molecular weight is 399 g/mol. The van der Waals surface area contributed by atoms with Crippen LogP contribution in [0.1, 0.15) is 31.6 Å². The first kappa shape index (κ1) is 16.4. The van der Waals surface area contributed by atoms with E-state index in [0.717, 1.165) is 23.8 Å². The molecule has 1 aromatic heterocycles. The first-order chi connectivity index (χ1) is 11.0. The number of carbonyl (C=O) groups is 1. The van der Waals surface area contributed by atoms with Crippen LogP contribution in [0.3, 0.4) is 0 Å². The van der Waals surface area contributed by atoms with E-state index in [1.807, 2.05) is 6.92 Å². The molecule has 0 saturated heterocycles. The SMILES string of the molecule is Cc1nnc(S[C@@H](C)C(=O)Nc2ccc(Br)cc2F)n1C1CC1. The summed E-state index contributed by atoms with van der Waals surface area (Å²) in [6, 6.07) is 4.99. The number of aromatic nitrogens is 3. The Balaban J connectivity index is 1.68. The van der Waals surface area contributed by atoms with E-state index in [0.29, 0.717) is 10.5 Å². The van der Waals surface area contributed by atoms with Gasteiger partial charge in [-0.25, -0.2) is 4.39 Å². The molecule has 122 valence electrons. The van der Waals surface area contributed by atoms with Crippen molar-refractivity contribution in [1.29, 1.82) is 0 Å². The van der Waals surface area contributed by atoms with Gasteiger partial charge in [0.1, 0.15) is 11.6 Å². The van der Waals surface area contributed by atoms with Gasteiger partial charge >= 0.3 is 0 Å². The van der Waals surface area contributed by atoms with Crippen LogP contribution in [0.25, 0.3) is 0 Å². The minimum absolute atomic E-state index is 0.172. The lowest BCUT2D eigenvalue weighted by Crippen LogP contribution is -2.23. The van der Waals surface area contributed by atoms with E-state index in [-0.39, 0.29) is 11.6 Å². The number of nitrogens with one attached hydrogen (secondary N) is 1. The van der Waals surface area contributed by atoms with Crippen LogP contribution in [-0.4, -0.2) is 25.9 Å². The Hall–Kier alpha value is -1.41. The summed E-state index contributed by atoms with van der Waals surface area (Å²) in [5, 5.41) is 11.2. The maximum Gasteiger partial charge on any atom is 0.237 e. The molecule has 1 aliphatic rings. The van der Waals surface area contributed by atoms with Crippen molar-refractivity contribution in [2.75, 3.05) is 5.32 Å². The molecule has 1 aromatic carbocycles. The molecule has 2 aromatic rings. The van der Waals surface area contributed by atoms with Crippen LogP contribution >= 0.6 is 27.7 Å². The molecule has 1 N–H and O–H groups in total. The summed E-state index contributed by atoms with van der Waals surface area (Å²) in [6.07, 6.45) is 2.24. The van der Waals surface area contributed by atoms with Crippen molar-refractivity contribution in [3.8, 4) is 0 Å². The number of hydrogen-bond donors (Lipinski definition) is 1. The fourth-order valence-electron chi connectivity index (χ4n) is 2.22. The van der Waals surface area contributed by atoms with E-state index >= 15 is 0 Å². The van der Waals surface area contributed by atoms with Gasteiger partial charge < -0.3 is 9.88 Å². The highest BCUT2D eigenvalue weighted by Gasteiger charge is 2.30. The first-order valence-corrected chi connectivity index (χ1v) is 8.97. The minimum atomic E-state index is -0.470. The number of anilines is 1. The summed E-state index contributed by atoms with van der Waals surface area (Å²) in [6.45, 7) is 3.69. The average Bonchev–Trinajstić information content (AvgIpc) is 3.26. The molecule has 0 bridgehead atoms. The van der Waals surface area contributed by atoms with Gasteiger partial charge in [0.2, 0.25) is 5.91 Å². The summed E-state index contributed by atoms with van der Waals surface area (Å²) in [5.74, 6) is 0.128. The van der Waals surface area contributed by atoms with Gasteiger partial charge in [-0.2, -0.15) is 0 Å². The standard InChI is InChI=1S/C15H16BrFN4OS/c1-8(14(22)18-13-6-3-10(16)7-12(13)17)23-15-20-19-9(2)21(15)11-4-5-11/h3,6-8,11H,4-5H2,1-2H3,(H,18,22)/t8-/m0/s1. The number of carbonyl (C=O) groups excluding carboxylic acids is 1. The summed E-state index contributed by atoms with van der Waals surface area (Å²) < 4.78 is 16.5. The predicted molar refractivity (Wildman–Crippen MR) is 91.1 cm³/mol. The fourth-order valence-corrected chi connectivity index (χ4v) is 3.52. The zero-order chi connectivity index (χ0) is 16.6. The van der Waals surface area contributed by atoms with Crippen molar-refractivity contribution < 1.29 is 9.18 Å². The third-order valence-electron chi connectivity index (χ3n) is 3.59. The second-order valence-electron chi connectivity index (χ2n) is 5.50. The first-order valence-electron chi connectivity index (χ1n) is 7.30. The van der Waals surface area contributed by atoms with Crippen LogP contribution in [0.5, 0.6) is 0 Å². The van der Waals surface area contributed by atoms with Crippen molar-refractivity contribution in [3.05, 3.63) is 34.3 Å². The van der Waals surface area contributed by atoms with Crippen molar-refractivity contribution in [2.24, 2.45) is 0 Å².